The van der Waals surface area contributed by atoms with Crippen LogP contribution in [-0.4, -0.2) is 40.4 Å². The van der Waals surface area contributed by atoms with Crippen molar-refractivity contribution in [2.75, 3.05) is 7.05 Å². The molecule has 2 saturated carbocycles. The van der Waals surface area contributed by atoms with E-state index in [0.717, 1.165) is 44.1 Å². The van der Waals surface area contributed by atoms with Gasteiger partial charge in [0.1, 0.15) is 0 Å². The number of aliphatic hydroxyl groups excluding tert-OH is 1. The molecule has 1 amide bonds. The van der Waals surface area contributed by atoms with Crippen LogP contribution in [0.4, 0.5) is 4.79 Å². The quantitative estimate of drug-likeness (QED) is 0.815. The fourth-order valence-corrected chi connectivity index (χ4v) is 4.79. The SMILES string of the molecule is CN(C(=O)O)[C@@H]1CCC[C@H]1[C@@H](O)C1(c2ccc(Cl)c(Cl)c2)CCC1. The van der Waals surface area contributed by atoms with Gasteiger partial charge in [-0.1, -0.05) is 42.1 Å². The number of rotatable bonds is 4. The number of amides is 1. The fourth-order valence-electron chi connectivity index (χ4n) is 4.49. The van der Waals surface area contributed by atoms with Crippen molar-refractivity contribution in [1.82, 2.24) is 4.90 Å². The highest BCUT2D eigenvalue weighted by Gasteiger charge is 2.51. The van der Waals surface area contributed by atoms with E-state index in [9.17, 15) is 15.0 Å². The molecule has 0 heterocycles. The second-order valence-electron chi connectivity index (χ2n) is 7.14. The lowest BCUT2D eigenvalue weighted by Crippen LogP contribution is -2.53. The largest absolute Gasteiger partial charge is 0.465 e. The van der Waals surface area contributed by atoms with E-state index in [2.05, 4.69) is 0 Å². The summed E-state index contributed by atoms with van der Waals surface area (Å²) in [5.74, 6) is -0.0409. The maximum atomic E-state index is 11.4. The zero-order valence-corrected chi connectivity index (χ0v) is 15.2. The number of hydrogen-bond donors (Lipinski definition) is 2. The van der Waals surface area contributed by atoms with Gasteiger partial charge >= 0.3 is 6.09 Å². The number of aliphatic hydroxyl groups is 1. The van der Waals surface area contributed by atoms with Gasteiger partial charge in [0.25, 0.3) is 0 Å². The average Bonchev–Trinajstić information content (AvgIpc) is 2.98. The molecule has 2 aliphatic rings. The minimum absolute atomic E-state index is 0.0409. The van der Waals surface area contributed by atoms with E-state index in [0.29, 0.717) is 10.0 Å². The number of hydrogen-bond acceptors (Lipinski definition) is 2. The van der Waals surface area contributed by atoms with E-state index in [4.69, 9.17) is 23.2 Å². The molecular formula is C18H23Cl2NO3. The van der Waals surface area contributed by atoms with E-state index in [1.807, 2.05) is 12.1 Å². The van der Waals surface area contributed by atoms with E-state index in [1.165, 1.54) is 4.90 Å². The summed E-state index contributed by atoms with van der Waals surface area (Å²) in [6.45, 7) is 0. The lowest BCUT2D eigenvalue weighted by molar-refractivity contribution is -0.0309. The van der Waals surface area contributed by atoms with Gasteiger partial charge in [-0.05, 0) is 43.4 Å². The second-order valence-corrected chi connectivity index (χ2v) is 7.95. The Morgan fingerprint density at radius 2 is 1.96 bits per heavy atom. The summed E-state index contributed by atoms with van der Waals surface area (Å²) in [7, 11) is 1.60. The van der Waals surface area contributed by atoms with Crippen LogP contribution in [0.1, 0.15) is 44.1 Å². The molecule has 3 rings (SSSR count). The van der Waals surface area contributed by atoms with Crippen molar-refractivity contribution in [3.63, 3.8) is 0 Å². The Morgan fingerprint density at radius 3 is 2.50 bits per heavy atom. The number of benzene rings is 1. The average molecular weight is 372 g/mol. The van der Waals surface area contributed by atoms with Crippen molar-refractivity contribution in [1.29, 1.82) is 0 Å². The maximum Gasteiger partial charge on any atom is 0.407 e. The molecule has 0 bridgehead atoms. The Kier molecular flexibility index (Phi) is 5.01. The molecule has 24 heavy (non-hydrogen) atoms. The molecule has 6 heteroatoms. The Labute approximate surface area is 152 Å². The molecule has 0 aromatic heterocycles. The van der Waals surface area contributed by atoms with E-state index < -0.39 is 12.2 Å². The molecule has 1 aromatic rings. The van der Waals surface area contributed by atoms with Gasteiger partial charge in [0, 0.05) is 24.4 Å². The van der Waals surface area contributed by atoms with E-state index in [-0.39, 0.29) is 17.4 Å². The Morgan fingerprint density at radius 1 is 1.25 bits per heavy atom. The number of nitrogens with zero attached hydrogens (tertiary/aromatic N) is 1. The first-order chi connectivity index (χ1) is 11.4. The molecule has 0 spiro atoms. The highest BCUT2D eigenvalue weighted by Crippen LogP contribution is 2.51. The molecule has 0 radical (unpaired) electrons. The van der Waals surface area contributed by atoms with Crippen molar-refractivity contribution in [2.45, 2.75) is 56.1 Å². The van der Waals surface area contributed by atoms with Crippen molar-refractivity contribution in [3.05, 3.63) is 33.8 Å². The molecule has 0 aliphatic heterocycles. The predicted molar refractivity (Wildman–Crippen MR) is 94.9 cm³/mol. The standard InChI is InChI=1S/C18H23Cl2NO3/c1-21(17(23)24)15-5-2-4-12(15)16(22)18(8-3-9-18)11-6-7-13(19)14(20)10-11/h6-7,10,12,15-16,22H,2-5,8-9H2,1H3,(H,23,24)/t12-,15-,16-/m1/s1. The first-order valence-corrected chi connectivity index (χ1v) is 9.22. The van der Waals surface area contributed by atoms with Crippen LogP contribution in [0.2, 0.25) is 10.0 Å². The zero-order chi connectivity index (χ0) is 17.5. The molecule has 2 N–H and O–H groups in total. The van der Waals surface area contributed by atoms with E-state index >= 15 is 0 Å². The highest BCUT2D eigenvalue weighted by atomic mass is 35.5. The van der Waals surface area contributed by atoms with Gasteiger partial charge in [0.2, 0.25) is 0 Å². The summed E-state index contributed by atoms with van der Waals surface area (Å²) in [5.41, 5.74) is 0.681. The summed E-state index contributed by atoms with van der Waals surface area (Å²) in [6.07, 6.45) is 3.95. The van der Waals surface area contributed by atoms with Crippen molar-refractivity contribution in [2.24, 2.45) is 5.92 Å². The summed E-state index contributed by atoms with van der Waals surface area (Å²) in [6, 6.07) is 5.46. The van der Waals surface area contributed by atoms with Crippen LogP contribution in [0.5, 0.6) is 0 Å². The minimum atomic E-state index is -0.934. The van der Waals surface area contributed by atoms with Crippen LogP contribution in [-0.2, 0) is 5.41 Å². The predicted octanol–water partition coefficient (Wildman–Crippen LogP) is 4.55. The lowest BCUT2D eigenvalue weighted by atomic mass is 9.58. The Balaban J connectivity index is 1.89. The van der Waals surface area contributed by atoms with Gasteiger partial charge in [-0.15, -0.1) is 0 Å². The smallest absolute Gasteiger partial charge is 0.407 e. The Hall–Kier alpha value is -0.970. The molecule has 1 aromatic carbocycles. The highest BCUT2D eigenvalue weighted by molar-refractivity contribution is 6.42. The first kappa shape index (κ1) is 17.8. The summed E-state index contributed by atoms with van der Waals surface area (Å²) < 4.78 is 0. The van der Waals surface area contributed by atoms with Crippen molar-refractivity contribution < 1.29 is 15.0 Å². The van der Waals surface area contributed by atoms with Gasteiger partial charge in [0.15, 0.2) is 0 Å². The van der Waals surface area contributed by atoms with Crippen LogP contribution in [0.15, 0.2) is 18.2 Å². The van der Waals surface area contributed by atoms with Gasteiger partial charge in [-0.25, -0.2) is 4.79 Å². The topological polar surface area (TPSA) is 60.8 Å². The normalized spacial score (nSPS) is 26.7. The summed E-state index contributed by atoms with van der Waals surface area (Å²) in [5, 5.41) is 21.6. The summed E-state index contributed by atoms with van der Waals surface area (Å²) in [4.78, 5) is 12.7. The van der Waals surface area contributed by atoms with Gasteiger partial charge < -0.3 is 15.1 Å². The Bertz CT molecular complexity index is 633. The number of carbonyl (C=O) groups is 1. The van der Waals surface area contributed by atoms with Crippen LogP contribution < -0.4 is 0 Å². The van der Waals surface area contributed by atoms with Crippen molar-refractivity contribution in [3.8, 4) is 0 Å². The van der Waals surface area contributed by atoms with Gasteiger partial charge in [-0.3, -0.25) is 0 Å². The molecule has 3 atom stereocenters. The maximum absolute atomic E-state index is 11.4. The first-order valence-electron chi connectivity index (χ1n) is 8.46. The molecule has 2 aliphatic carbocycles. The zero-order valence-electron chi connectivity index (χ0n) is 13.7. The molecule has 0 unspecified atom stereocenters. The van der Waals surface area contributed by atoms with Gasteiger partial charge in [-0.2, -0.15) is 0 Å². The third-order valence-electron chi connectivity index (χ3n) is 6.04. The molecule has 4 nitrogen and oxygen atoms in total. The number of halogens is 2. The lowest BCUT2D eigenvalue weighted by Gasteiger charge is -2.49. The number of carboxylic acid groups (broad SMARTS) is 1. The van der Waals surface area contributed by atoms with Gasteiger partial charge in [0.05, 0.1) is 16.1 Å². The van der Waals surface area contributed by atoms with E-state index in [1.54, 1.807) is 13.1 Å². The molecule has 132 valence electrons. The second kappa shape index (κ2) is 6.74. The molecule has 2 fully saturated rings. The monoisotopic (exact) mass is 371 g/mol. The minimum Gasteiger partial charge on any atom is -0.465 e. The third kappa shape index (κ3) is 2.89. The fraction of sp³-hybridized carbons (Fsp3) is 0.611. The van der Waals surface area contributed by atoms with Crippen molar-refractivity contribution >= 4 is 29.3 Å². The third-order valence-corrected chi connectivity index (χ3v) is 6.78. The molecule has 0 saturated heterocycles. The van der Waals surface area contributed by atoms with Crippen LogP contribution in [0, 0.1) is 5.92 Å². The van der Waals surface area contributed by atoms with Crippen LogP contribution in [0.3, 0.4) is 0 Å². The van der Waals surface area contributed by atoms with Crippen LogP contribution >= 0.6 is 23.2 Å². The van der Waals surface area contributed by atoms with Crippen LogP contribution in [0.25, 0.3) is 0 Å². The molecular weight excluding hydrogens is 349 g/mol. The summed E-state index contributed by atoms with van der Waals surface area (Å²) >= 11 is 12.2.